The maximum absolute atomic E-state index is 11.2. The van der Waals surface area contributed by atoms with Crippen molar-refractivity contribution in [3.8, 4) is 0 Å². The maximum Gasteiger partial charge on any atom is 0.151 e. The first-order valence-corrected chi connectivity index (χ1v) is 7.18. The Bertz CT molecular complexity index is 235. The third-order valence-electron chi connectivity index (χ3n) is 2.50. The van der Waals surface area contributed by atoms with Crippen LogP contribution in [0.3, 0.4) is 0 Å². The zero-order chi connectivity index (χ0) is 11.2. The van der Waals surface area contributed by atoms with E-state index in [0.717, 1.165) is 6.42 Å². The molecule has 0 aromatic rings. The highest BCUT2D eigenvalue weighted by Crippen LogP contribution is 2.04. The average Bonchev–Trinajstić information content (AvgIpc) is 2.12. The van der Waals surface area contributed by atoms with E-state index in [-0.39, 0.29) is 11.5 Å². The van der Waals surface area contributed by atoms with Crippen molar-refractivity contribution in [1.82, 2.24) is 5.32 Å². The van der Waals surface area contributed by atoms with Crippen LogP contribution in [0.15, 0.2) is 0 Å². The first-order valence-electron chi connectivity index (χ1n) is 5.36. The van der Waals surface area contributed by atoms with E-state index in [1.807, 2.05) is 0 Å². The van der Waals surface area contributed by atoms with Crippen LogP contribution in [0.25, 0.3) is 0 Å². The summed E-state index contributed by atoms with van der Waals surface area (Å²) in [7, 11) is -2.81. The zero-order valence-electron chi connectivity index (χ0n) is 9.71. The summed E-state index contributed by atoms with van der Waals surface area (Å²) < 4.78 is 22.4. The van der Waals surface area contributed by atoms with Crippen molar-refractivity contribution in [2.24, 2.45) is 5.92 Å². The van der Waals surface area contributed by atoms with E-state index < -0.39 is 9.84 Å². The van der Waals surface area contributed by atoms with Crippen LogP contribution in [0.1, 0.15) is 34.1 Å². The van der Waals surface area contributed by atoms with Crippen LogP contribution in [0.2, 0.25) is 0 Å². The maximum atomic E-state index is 11.2. The molecule has 0 saturated carbocycles. The van der Waals surface area contributed by atoms with E-state index in [1.54, 1.807) is 6.92 Å². The van der Waals surface area contributed by atoms with Crippen LogP contribution in [0.5, 0.6) is 0 Å². The molecule has 86 valence electrons. The molecule has 0 aromatic carbocycles. The smallest absolute Gasteiger partial charge is 0.151 e. The highest BCUT2D eigenvalue weighted by molar-refractivity contribution is 7.91. The van der Waals surface area contributed by atoms with Crippen LogP contribution in [-0.2, 0) is 9.84 Å². The van der Waals surface area contributed by atoms with Crippen molar-refractivity contribution in [2.75, 3.05) is 18.1 Å². The van der Waals surface area contributed by atoms with Crippen molar-refractivity contribution >= 4 is 9.84 Å². The van der Waals surface area contributed by atoms with Gasteiger partial charge in [0.2, 0.25) is 0 Å². The van der Waals surface area contributed by atoms with E-state index in [1.165, 1.54) is 0 Å². The molecule has 1 unspecified atom stereocenters. The average molecular weight is 221 g/mol. The SMILES string of the molecule is CCC(NCCS(=O)(=O)CC)C(C)C. The van der Waals surface area contributed by atoms with Crippen molar-refractivity contribution in [3.63, 3.8) is 0 Å². The Balaban J connectivity index is 3.83. The molecule has 0 fully saturated rings. The molecule has 0 aliphatic carbocycles. The Labute approximate surface area is 88.2 Å². The van der Waals surface area contributed by atoms with Crippen LogP contribution in [0, 0.1) is 5.92 Å². The fraction of sp³-hybridized carbons (Fsp3) is 1.00. The molecule has 0 bridgehead atoms. The Hall–Kier alpha value is -0.0900. The molecule has 0 amide bonds. The van der Waals surface area contributed by atoms with Gasteiger partial charge in [-0.15, -0.1) is 0 Å². The highest BCUT2D eigenvalue weighted by Gasteiger charge is 2.12. The molecule has 3 nitrogen and oxygen atoms in total. The third-order valence-corrected chi connectivity index (χ3v) is 4.21. The van der Waals surface area contributed by atoms with E-state index in [0.29, 0.717) is 18.5 Å². The molecule has 1 N–H and O–H groups in total. The molecule has 0 heterocycles. The number of sulfone groups is 1. The second-order valence-electron chi connectivity index (χ2n) is 3.95. The minimum absolute atomic E-state index is 0.243. The Morgan fingerprint density at radius 2 is 1.79 bits per heavy atom. The molecule has 0 spiro atoms. The lowest BCUT2D eigenvalue weighted by Crippen LogP contribution is -2.36. The standard InChI is InChI=1S/C10H23NO2S/c1-5-10(9(3)4)11-7-8-14(12,13)6-2/h9-11H,5-8H2,1-4H3. The van der Waals surface area contributed by atoms with Gasteiger partial charge in [-0.2, -0.15) is 0 Å². The summed E-state index contributed by atoms with van der Waals surface area (Å²) in [5.41, 5.74) is 0. The summed E-state index contributed by atoms with van der Waals surface area (Å²) >= 11 is 0. The lowest BCUT2D eigenvalue weighted by atomic mass is 10.0. The number of nitrogens with one attached hydrogen (secondary N) is 1. The molecule has 4 heteroatoms. The Morgan fingerprint density at radius 3 is 2.14 bits per heavy atom. The lowest BCUT2D eigenvalue weighted by molar-refractivity contribution is 0.397. The monoisotopic (exact) mass is 221 g/mol. The van der Waals surface area contributed by atoms with Gasteiger partial charge in [0.15, 0.2) is 9.84 Å². The van der Waals surface area contributed by atoms with Crippen LogP contribution in [-0.4, -0.2) is 32.5 Å². The summed E-state index contributed by atoms with van der Waals surface area (Å²) in [6.45, 7) is 8.68. The largest absolute Gasteiger partial charge is 0.313 e. The number of hydrogen-bond donors (Lipinski definition) is 1. The molecular formula is C10H23NO2S. The van der Waals surface area contributed by atoms with Gasteiger partial charge in [-0.05, 0) is 12.3 Å². The van der Waals surface area contributed by atoms with Gasteiger partial charge in [0.05, 0.1) is 5.75 Å². The van der Waals surface area contributed by atoms with Gasteiger partial charge < -0.3 is 5.32 Å². The molecule has 1 atom stereocenters. The van der Waals surface area contributed by atoms with Gasteiger partial charge >= 0.3 is 0 Å². The van der Waals surface area contributed by atoms with Gasteiger partial charge in [0.1, 0.15) is 0 Å². The van der Waals surface area contributed by atoms with Gasteiger partial charge in [-0.3, -0.25) is 0 Å². The second kappa shape index (κ2) is 6.40. The lowest BCUT2D eigenvalue weighted by Gasteiger charge is -2.20. The first kappa shape index (κ1) is 13.9. The van der Waals surface area contributed by atoms with Crippen LogP contribution < -0.4 is 5.32 Å². The van der Waals surface area contributed by atoms with Crippen molar-refractivity contribution in [3.05, 3.63) is 0 Å². The molecule has 0 aliphatic rings. The Kier molecular flexibility index (Phi) is 6.36. The fourth-order valence-electron chi connectivity index (χ4n) is 1.40. The predicted octanol–water partition coefficient (Wildman–Crippen LogP) is 1.45. The van der Waals surface area contributed by atoms with E-state index >= 15 is 0 Å². The summed E-state index contributed by atoms with van der Waals surface area (Å²) in [6.07, 6.45) is 1.05. The molecule has 0 aromatic heterocycles. The predicted molar refractivity (Wildman–Crippen MR) is 61.2 cm³/mol. The molecule has 0 rings (SSSR count). The van der Waals surface area contributed by atoms with Gasteiger partial charge in [-0.1, -0.05) is 27.7 Å². The number of rotatable bonds is 7. The summed E-state index contributed by atoms with van der Waals surface area (Å²) in [5.74, 6) is 1.06. The molecule has 0 saturated heterocycles. The highest BCUT2D eigenvalue weighted by atomic mass is 32.2. The quantitative estimate of drug-likeness (QED) is 0.707. The second-order valence-corrected chi connectivity index (χ2v) is 6.42. The van der Waals surface area contributed by atoms with Gasteiger partial charge in [0, 0.05) is 18.3 Å². The number of hydrogen-bond acceptors (Lipinski definition) is 3. The topological polar surface area (TPSA) is 46.2 Å². The zero-order valence-corrected chi connectivity index (χ0v) is 10.5. The summed E-state index contributed by atoms with van der Waals surface area (Å²) in [5, 5.41) is 3.28. The van der Waals surface area contributed by atoms with Crippen LogP contribution >= 0.6 is 0 Å². The normalized spacial score (nSPS) is 14.6. The van der Waals surface area contributed by atoms with Gasteiger partial charge in [0.25, 0.3) is 0 Å². The van der Waals surface area contributed by atoms with Crippen molar-refractivity contribution < 1.29 is 8.42 Å². The minimum atomic E-state index is -2.81. The van der Waals surface area contributed by atoms with E-state index in [4.69, 9.17) is 0 Å². The van der Waals surface area contributed by atoms with Crippen molar-refractivity contribution in [2.45, 2.75) is 40.2 Å². The van der Waals surface area contributed by atoms with Crippen LogP contribution in [0.4, 0.5) is 0 Å². The summed E-state index contributed by atoms with van der Waals surface area (Å²) in [6, 6.07) is 0.432. The fourth-order valence-corrected chi connectivity index (χ4v) is 2.11. The van der Waals surface area contributed by atoms with Crippen molar-refractivity contribution in [1.29, 1.82) is 0 Å². The first-order chi connectivity index (χ1) is 6.43. The summed E-state index contributed by atoms with van der Waals surface area (Å²) in [4.78, 5) is 0. The molecule has 0 aliphatic heterocycles. The Morgan fingerprint density at radius 1 is 1.21 bits per heavy atom. The molecule has 0 radical (unpaired) electrons. The third kappa shape index (κ3) is 5.60. The minimum Gasteiger partial charge on any atom is -0.313 e. The van der Waals surface area contributed by atoms with Gasteiger partial charge in [-0.25, -0.2) is 8.42 Å². The molecule has 14 heavy (non-hydrogen) atoms. The van der Waals surface area contributed by atoms with E-state index in [2.05, 4.69) is 26.1 Å². The van der Waals surface area contributed by atoms with E-state index in [9.17, 15) is 8.42 Å². The molecular weight excluding hydrogens is 198 g/mol.